The van der Waals surface area contributed by atoms with Crippen LogP contribution in [0.4, 0.5) is 5.69 Å². The van der Waals surface area contributed by atoms with Crippen molar-refractivity contribution in [3.63, 3.8) is 0 Å². The second-order valence-electron chi connectivity index (χ2n) is 6.90. The van der Waals surface area contributed by atoms with Gasteiger partial charge >= 0.3 is 0 Å². The molecule has 3 aromatic carbocycles. The minimum absolute atomic E-state index is 0.0253. The van der Waals surface area contributed by atoms with Gasteiger partial charge in [-0.1, -0.05) is 30.3 Å². The highest BCUT2D eigenvalue weighted by Crippen LogP contribution is 2.20. The fourth-order valence-corrected chi connectivity index (χ4v) is 2.90. The second kappa shape index (κ2) is 11.4. The lowest BCUT2D eigenvalue weighted by atomic mass is 10.1. The van der Waals surface area contributed by atoms with E-state index in [-0.39, 0.29) is 25.4 Å². The third-order valence-electron chi connectivity index (χ3n) is 4.46. The quantitative estimate of drug-likeness (QED) is 0.448. The number of ether oxygens (including phenoxy) is 2. The summed E-state index contributed by atoms with van der Waals surface area (Å²) in [6, 6.07) is 20.3. The molecule has 0 aliphatic rings. The minimum Gasteiger partial charge on any atom is -0.494 e. The molecular weight excluding hydrogens is 410 g/mol. The van der Waals surface area contributed by atoms with Crippen LogP contribution in [0.1, 0.15) is 19.8 Å². The van der Waals surface area contributed by atoms with Gasteiger partial charge in [0.1, 0.15) is 11.5 Å². The third-order valence-corrected chi connectivity index (χ3v) is 4.46. The molecule has 0 radical (unpaired) electrons. The topological polar surface area (TPSA) is 106 Å². The van der Waals surface area contributed by atoms with Gasteiger partial charge in [0.2, 0.25) is 11.8 Å². The van der Waals surface area contributed by atoms with Crippen molar-refractivity contribution >= 4 is 34.2 Å². The number of nitrogens with one attached hydrogen (secondary N) is 3. The first-order valence-corrected chi connectivity index (χ1v) is 10.3. The van der Waals surface area contributed by atoms with Gasteiger partial charge in [-0.05, 0) is 54.1 Å². The number of fused-ring (bicyclic) bond motifs is 1. The Balaban J connectivity index is 1.33. The summed E-state index contributed by atoms with van der Waals surface area (Å²) in [6.45, 7) is 2.20. The lowest BCUT2D eigenvalue weighted by Crippen LogP contribution is -2.44. The van der Waals surface area contributed by atoms with E-state index in [0.717, 1.165) is 10.8 Å². The first-order valence-electron chi connectivity index (χ1n) is 10.3. The predicted molar refractivity (Wildman–Crippen MR) is 121 cm³/mol. The molecule has 0 spiro atoms. The van der Waals surface area contributed by atoms with Crippen molar-refractivity contribution in [3.8, 4) is 11.5 Å². The van der Waals surface area contributed by atoms with Crippen LogP contribution < -0.4 is 25.6 Å². The molecule has 32 heavy (non-hydrogen) atoms. The number of carbonyl (C=O) groups excluding carboxylic acids is 3. The summed E-state index contributed by atoms with van der Waals surface area (Å²) in [5.41, 5.74) is 5.16. The average molecular weight is 435 g/mol. The Hall–Kier alpha value is -4.07. The molecular formula is C24H25N3O5. The van der Waals surface area contributed by atoms with Gasteiger partial charge in [-0.2, -0.15) is 0 Å². The molecule has 0 bridgehead atoms. The maximum Gasteiger partial charge on any atom is 0.276 e. The fraction of sp³-hybridized carbons (Fsp3) is 0.208. The fourth-order valence-electron chi connectivity index (χ4n) is 2.90. The molecule has 166 valence electrons. The first-order chi connectivity index (χ1) is 15.5. The van der Waals surface area contributed by atoms with Crippen LogP contribution in [0.5, 0.6) is 11.5 Å². The molecule has 3 N–H and O–H groups in total. The number of hydrogen-bond acceptors (Lipinski definition) is 5. The van der Waals surface area contributed by atoms with E-state index in [1.807, 2.05) is 43.3 Å². The molecule has 0 fully saturated rings. The molecule has 3 rings (SSSR count). The maximum absolute atomic E-state index is 12.0. The van der Waals surface area contributed by atoms with E-state index in [2.05, 4.69) is 16.2 Å². The second-order valence-corrected chi connectivity index (χ2v) is 6.90. The van der Waals surface area contributed by atoms with Crippen LogP contribution in [-0.2, 0) is 14.4 Å². The number of anilines is 1. The van der Waals surface area contributed by atoms with Crippen LogP contribution >= 0.6 is 0 Å². The van der Waals surface area contributed by atoms with Gasteiger partial charge in [0.05, 0.1) is 6.61 Å². The summed E-state index contributed by atoms with van der Waals surface area (Å²) >= 11 is 0. The van der Waals surface area contributed by atoms with Gasteiger partial charge in [-0.25, -0.2) is 0 Å². The van der Waals surface area contributed by atoms with Crippen LogP contribution in [0, 0.1) is 0 Å². The van der Waals surface area contributed by atoms with E-state index >= 15 is 0 Å². The average Bonchev–Trinajstić information content (AvgIpc) is 2.81. The van der Waals surface area contributed by atoms with Crippen LogP contribution in [-0.4, -0.2) is 30.9 Å². The Labute approximate surface area is 185 Å². The number of carbonyl (C=O) groups is 3. The van der Waals surface area contributed by atoms with E-state index in [0.29, 0.717) is 23.8 Å². The van der Waals surface area contributed by atoms with E-state index in [9.17, 15) is 14.4 Å². The molecule has 8 nitrogen and oxygen atoms in total. The zero-order valence-electron chi connectivity index (χ0n) is 17.7. The lowest BCUT2D eigenvalue weighted by Gasteiger charge is -2.10. The van der Waals surface area contributed by atoms with Crippen molar-refractivity contribution in [2.75, 3.05) is 18.5 Å². The molecule has 0 atom stereocenters. The van der Waals surface area contributed by atoms with Crippen molar-refractivity contribution in [2.45, 2.75) is 19.8 Å². The lowest BCUT2D eigenvalue weighted by molar-refractivity contribution is -0.130. The first kappa shape index (κ1) is 22.6. The standard InChI is InChI=1S/C24H25N3O5/c1-2-31-20-11-8-19(9-12-20)25-22(28)13-14-23(29)26-27-24(30)16-32-21-10-7-17-5-3-4-6-18(17)15-21/h3-12,15H,2,13-14,16H2,1H3,(H,25,28)(H,26,29)(H,27,30). The van der Waals surface area contributed by atoms with Gasteiger partial charge in [-0.3, -0.25) is 25.2 Å². The molecule has 0 unspecified atom stereocenters. The molecule has 0 saturated heterocycles. The summed E-state index contributed by atoms with van der Waals surface area (Å²) < 4.78 is 10.8. The summed E-state index contributed by atoms with van der Waals surface area (Å²) in [6.07, 6.45) is -0.100. The van der Waals surface area contributed by atoms with Gasteiger partial charge in [0.15, 0.2) is 6.61 Å². The van der Waals surface area contributed by atoms with Gasteiger partial charge in [0.25, 0.3) is 5.91 Å². The molecule has 0 saturated carbocycles. The molecule has 3 amide bonds. The van der Waals surface area contributed by atoms with Crippen LogP contribution in [0.3, 0.4) is 0 Å². The summed E-state index contributed by atoms with van der Waals surface area (Å²) in [5.74, 6) is -0.0344. The molecule has 3 aromatic rings. The van der Waals surface area contributed by atoms with E-state index < -0.39 is 11.8 Å². The van der Waals surface area contributed by atoms with Crippen LogP contribution in [0.25, 0.3) is 10.8 Å². The number of amides is 3. The van der Waals surface area contributed by atoms with Crippen molar-refractivity contribution in [1.29, 1.82) is 0 Å². The zero-order valence-corrected chi connectivity index (χ0v) is 17.7. The Morgan fingerprint density at radius 3 is 2.12 bits per heavy atom. The van der Waals surface area contributed by atoms with Gasteiger partial charge in [0, 0.05) is 18.5 Å². The molecule has 0 aromatic heterocycles. The molecule has 0 aliphatic carbocycles. The zero-order chi connectivity index (χ0) is 22.8. The van der Waals surface area contributed by atoms with Gasteiger partial charge < -0.3 is 14.8 Å². The Morgan fingerprint density at radius 1 is 0.719 bits per heavy atom. The van der Waals surface area contributed by atoms with E-state index in [1.54, 1.807) is 30.3 Å². The summed E-state index contributed by atoms with van der Waals surface area (Å²) in [7, 11) is 0. The van der Waals surface area contributed by atoms with Crippen LogP contribution in [0.2, 0.25) is 0 Å². The summed E-state index contributed by atoms with van der Waals surface area (Å²) in [5, 5.41) is 4.78. The Morgan fingerprint density at radius 2 is 1.38 bits per heavy atom. The van der Waals surface area contributed by atoms with Crippen LogP contribution in [0.15, 0.2) is 66.7 Å². The normalized spacial score (nSPS) is 10.3. The highest BCUT2D eigenvalue weighted by molar-refractivity contribution is 5.93. The minimum atomic E-state index is -0.509. The maximum atomic E-state index is 12.0. The molecule has 0 heterocycles. The highest BCUT2D eigenvalue weighted by Gasteiger charge is 2.09. The predicted octanol–water partition coefficient (Wildman–Crippen LogP) is 3.18. The summed E-state index contributed by atoms with van der Waals surface area (Å²) in [4.78, 5) is 35.8. The van der Waals surface area contributed by atoms with Crippen molar-refractivity contribution in [1.82, 2.24) is 10.9 Å². The molecule has 8 heteroatoms. The van der Waals surface area contributed by atoms with Crippen molar-refractivity contribution in [2.24, 2.45) is 0 Å². The molecule has 0 aliphatic heterocycles. The highest BCUT2D eigenvalue weighted by atomic mass is 16.5. The van der Waals surface area contributed by atoms with E-state index in [4.69, 9.17) is 9.47 Å². The largest absolute Gasteiger partial charge is 0.494 e. The number of hydrogen-bond donors (Lipinski definition) is 3. The number of benzene rings is 3. The SMILES string of the molecule is CCOc1ccc(NC(=O)CCC(=O)NNC(=O)COc2ccc3ccccc3c2)cc1. The van der Waals surface area contributed by atoms with Gasteiger partial charge in [-0.15, -0.1) is 0 Å². The van der Waals surface area contributed by atoms with Crippen molar-refractivity contribution < 1.29 is 23.9 Å². The number of hydrazine groups is 1. The monoisotopic (exact) mass is 435 g/mol. The Kier molecular flexibility index (Phi) is 8.02. The smallest absolute Gasteiger partial charge is 0.276 e. The van der Waals surface area contributed by atoms with E-state index in [1.165, 1.54) is 0 Å². The number of rotatable bonds is 9. The third kappa shape index (κ3) is 7.02. The Bertz CT molecular complexity index is 1080. The van der Waals surface area contributed by atoms with Crippen molar-refractivity contribution in [3.05, 3.63) is 66.7 Å².